The number of nitrogens with one attached hydrogen (secondary N) is 1. The van der Waals surface area contributed by atoms with Crippen LogP contribution in [0, 0.1) is 5.92 Å². The lowest BCUT2D eigenvalue weighted by atomic mass is 9.99. The van der Waals surface area contributed by atoms with Gasteiger partial charge in [-0.3, -0.25) is 10.1 Å². The topological polar surface area (TPSA) is 41.6 Å². The van der Waals surface area contributed by atoms with E-state index in [1.54, 1.807) is 0 Å². The molecule has 0 saturated carbocycles. The Balaban J connectivity index is 1.96. The fourth-order valence-corrected chi connectivity index (χ4v) is 2.75. The van der Waals surface area contributed by atoms with Gasteiger partial charge in [0.1, 0.15) is 0 Å². The minimum absolute atomic E-state index is 0.00357. The normalized spacial score (nSPS) is 33.1. The van der Waals surface area contributed by atoms with Crippen molar-refractivity contribution >= 4 is 5.91 Å². The van der Waals surface area contributed by atoms with Crippen LogP contribution in [0.5, 0.6) is 0 Å². The molecular weight excluding hydrogens is 216 g/mol. The van der Waals surface area contributed by atoms with E-state index in [0.29, 0.717) is 12.6 Å². The van der Waals surface area contributed by atoms with Gasteiger partial charge in [0.15, 0.2) is 0 Å². The smallest absolute Gasteiger partial charge is 0.241 e. The second kappa shape index (κ2) is 5.36. The lowest BCUT2D eigenvalue weighted by Gasteiger charge is -2.28. The van der Waals surface area contributed by atoms with Crippen molar-refractivity contribution in [2.45, 2.75) is 58.2 Å². The molecule has 0 bridgehead atoms. The molecule has 1 amide bonds. The van der Waals surface area contributed by atoms with E-state index in [1.165, 1.54) is 0 Å². The van der Waals surface area contributed by atoms with Crippen molar-refractivity contribution in [1.29, 1.82) is 0 Å². The summed E-state index contributed by atoms with van der Waals surface area (Å²) in [4.78, 5) is 14.3. The molecule has 0 aliphatic carbocycles. The van der Waals surface area contributed by atoms with E-state index in [4.69, 9.17) is 4.74 Å². The molecule has 17 heavy (non-hydrogen) atoms. The van der Waals surface area contributed by atoms with Gasteiger partial charge >= 0.3 is 0 Å². The van der Waals surface area contributed by atoms with E-state index >= 15 is 0 Å². The van der Waals surface area contributed by atoms with Gasteiger partial charge in [-0.15, -0.1) is 0 Å². The molecular formula is C13H24N2O2. The Morgan fingerprint density at radius 2 is 2.29 bits per heavy atom. The van der Waals surface area contributed by atoms with Gasteiger partial charge in [0.05, 0.1) is 24.9 Å². The van der Waals surface area contributed by atoms with Crippen LogP contribution in [0.2, 0.25) is 0 Å². The Morgan fingerprint density at radius 1 is 1.53 bits per heavy atom. The molecule has 0 radical (unpaired) electrons. The summed E-state index contributed by atoms with van der Waals surface area (Å²) in [6, 6.07) is 0.204. The molecule has 4 nitrogen and oxygen atoms in total. The van der Waals surface area contributed by atoms with E-state index in [2.05, 4.69) is 26.1 Å². The third-order valence-electron chi connectivity index (χ3n) is 4.24. The first-order valence-corrected chi connectivity index (χ1v) is 6.80. The zero-order chi connectivity index (χ0) is 12.4. The summed E-state index contributed by atoms with van der Waals surface area (Å²) in [6.45, 7) is 7.89. The van der Waals surface area contributed by atoms with Crippen molar-refractivity contribution in [3.63, 3.8) is 0 Å². The van der Waals surface area contributed by atoms with Gasteiger partial charge in [0.25, 0.3) is 0 Å². The van der Waals surface area contributed by atoms with Gasteiger partial charge in [0.2, 0.25) is 5.91 Å². The summed E-state index contributed by atoms with van der Waals surface area (Å²) in [7, 11) is 0. The number of amides is 1. The highest BCUT2D eigenvalue weighted by Gasteiger charge is 2.39. The SMILES string of the molecule is CCC(C)C1NCN(C(C)C2CCCO2)C1=O. The van der Waals surface area contributed by atoms with Crippen LogP contribution in [0.15, 0.2) is 0 Å². The second-order valence-corrected chi connectivity index (χ2v) is 5.33. The van der Waals surface area contributed by atoms with Gasteiger partial charge in [0, 0.05) is 6.61 Å². The average molecular weight is 240 g/mol. The Hall–Kier alpha value is -0.610. The molecule has 2 rings (SSSR count). The van der Waals surface area contributed by atoms with Crippen molar-refractivity contribution < 1.29 is 9.53 Å². The third kappa shape index (κ3) is 2.47. The lowest BCUT2D eigenvalue weighted by molar-refractivity contribution is -0.133. The maximum Gasteiger partial charge on any atom is 0.241 e. The summed E-state index contributed by atoms with van der Waals surface area (Å²) in [5.74, 6) is 0.659. The van der Waals surface area contributed by atoms with Crippen LogP contribution in [0.3, 0.4) is 0 Å². The molecule has 0 spiro atoms. The first-order valence-electron chi connectivity index (χ1n) is 6.80. The Labute approximate surface area is 104 Å². The first-order chi connectivity index (χ1) is 8.15. The predicted molar refractivity (Wildman–Crippen MR) is 66.5 cm³/mol. The van der Waals surface area contributed by atoms with Crippen LogP contribution >= 0.6 is 0 Å². The van der Waals surface area contributed by atoms with Crippen LogP contribution in [0.25, 0.3) is 0 Å². The van der Waals surface area contributed by atoms with Gasteiger partial charge in [-0.25, -0.2) is 0 Å². The fraction of sp³-hybridized carbons (Fsp3) is 0.923. The van der Waals surface area contributed by atoms with E-state index in [9.17, 15) is 4.79 Å². The zero-order valence-corrected chi connectivity index (χ0v) is 11.1. The number of carbonyl (C=O) groups is 1. The first kappa shape index (κ1) is 12.8. The molecule has 4 heteroatoms. The van der Waals surface area contributed by atoms with Crippen molar-refractivity contribution in [2.75, 3.05) is 13.3 Å². The van der Waals surface area contributed by atoms with Crippen LogP contribution in [-0.4, -0.2) is 42.3 Å². The number of ether oxygens (including phenoxy) is 1. The van der Waals surface area contributed by atoms with Crippen molar-refractivity contribution in [1.82, 2.24) is 10.2 Å². The Bertz CT molecular complexity index is 277. The van der Waals surface area contributed by atoms with Crippen molar-refractivity contribution in [3.05, 3.63) is 0 Å². The predicted octanol–water partition coefficient (Wildman–Crippen LogP) is 1.36. The van der Waals surface area contributed by atoms with Crippen molar-refractivity contribution in [3.8, 4) is 0 Å². The Morgan fingerprint density at radius 3 is 2.88 bits per heavy atom. The van der Waals surface area contributed by atoms with Gasteiger partial charge in [-0.05, 0) is 25.7 Å². The molecule has 2 heterocycles. The largest absolute Gasteiger partial charge is 0.376 e. The van der Waals surface area contributed by atoms with E-state index in [-0.39, 0.29) is 24.1 Å². The summed E-state index contributed by atoms with van der Waals surface area (Å²) < 4.78 is 5.68. The molecule has 2 aliphatic heterocycles. The molecule has 0 aromatic carbocycles. The molecule has 4 unspecified atom stereocenters. The van der Waals surface area contributed by atoms with Gasteiger partial charge < -0.3 is 9.64 Å². The monoisotopic (exact) mass is 240 g/mol. The molecule has 2 fully saturated rings. The highest BCUT2D eigenvalue weighted by molar-refractivity contribution is 5.84. The number of hydrogen-bond donors (Lipinski definition) is 1. The number of rotatable bonds is 4. The molecule has 2 saturated heterocycles. The molecule has 0 aromatic heterocycles. The Kier molecular flexibility index (Phi) is 4.05. The maximum atomic E-state index is 12.3. The summed E-state index contributed by atoms with van der Waals surface area (Å²) in [6.07, 6.45) is 3.47. The number of carbonyl (C=O) groups excluding carboxylic acids is 1. The fourth-order valence-electron chi connectivity index (χ4n) is 2.75. The number of nitrogens with zero attached hydrogens (tertiary/aromatic N) is 1. The molecule has 98 valence electrons. The molecule has 0 aromatic rings. The van der Waals surface area contributed by atoms with Crippen LogP contribution in [-0.2, 0) is 9.53 Å². The summed E-state index contributed by atoms with van der Waals surface area (Å²) >= 11 is 0. The molecule has 4 atom stereocenters. The molecule has 2 aliphatic rings. The zero-order valence-electron chi connectivity index (χ0n) is 11.1. The number of hydrogen-bond acceptors (Lipinski definition) is 3. The second-order valence-electron chi connectivity index (χ2n) is 5.33. The van der Waals surface area contributed by atoms with Crippen LogP contribution in [0.1, 0.15) is 40.0 Å². The quantitative estimate of drug-likeness (QED) is 0.806. The van der Waals surface area contributed by atoms with Crippen molar-refractivity contribution in [2.24, 2.45) is 5.92 Å². The average Bonchev–Trinajstić information content (AvgIpc) is 2.96. The summed E-state index contributed by atoms with van der Waals surface area (Å²) in [5, 5.41) is 3.33. The van der Waals surface area contributed by atoms with Crippen LogP contribution in [0.4, 0.5) is 0 Å². The molecule has 1 N–H and O–H groups in total. The minimum atomic E-state index is 0.00357. The van der Waals surface area contributed by atoms with E-state index in [0.717, 1.165) is 25.9 Å². The maximum absolute atomic E-state index is 12.3. The highest BCUT2D eigenvalue weighted by atomic mass is 16.5. The van der Waals surface area contributed by atoms with E-state index < -0.39 is 0 Å². The van der Waals surface area contributed by atoms with Gasteiger partial charge in [-0.1, -0.05) is 20.3 Å². The van der Waals surface area contributed by atoms with Gasteiger partial charge in [-0.2, -0.15) is 0 Å². The highest BCUT2D eigenvalue weighted by Crippen LogP contribution is 2.23. The van der Waals surface area contributed by atoms with Crippen LogP contribution < -0.4 is 5.32 Å². The van der Waals surface area contributed by atoms with E-state index in [1.807, 2.05) is 4.90 Å². The standard InChI is InChI=1S/C13H24N2O2/c1-4-9(2)12-13(16)15(8-14-12)10(3)11-6-5-7-17-11/h9-12,14H,4-8H2,1-3H3. The minimum Gasteiger partial charge on any atom is -0.376 e. The summed E-state index contributed by atoms with van der Waals surface area (Å²) in [5.41, 5.74) is 0. The third-order valence-corrected chi connectivity index (χ3v) is 4.24. The lowest BCUT2D eigenvalue weighted by Crippen LogP contribution is -2.44.